The van der Waals surface area contributed by atoms with Gasteiger partial charge in [0, 0.05) is 55.3 Å². The van der Waals surface area contributed by atoms with Crippen molar-refractivity contribution < 1.29 is 19.0 Å². The minimum absolute atomic E-state index is 0.177. The lowest BCUT2D eigenvalue weighted by Gasteiger charge is -2.19. The highest BCUT2D eigenvalue weighted by Gasteiger charge is 2.15. The van der Waals surface area contributed by atoms with Crippen LogP contribution < -0.4 is 16.0 Å². The molecule has 0 bridgehead atoms. The number of ether oxygens (including phenoxy) is 3. The summed E-state index contributed by atoms with van der Waals surface area (Å²) >= 11 is 0. The van der Waals surface area contributed by atoms with Crippen LogP contribution in [0.25, 0.3) is 16.5 Å². The number of benzene rings is 1. The van der Waals surface area contributed by atoms with E-state index in [1.165, 1.54) is 16.8 Å². The molecule has 9 heteroatoms. The second-order valence-electron chi connectivity index (χ2n) is 8.88. The largest absolute Gasteiger partial charge is 0.493 e. The Morgan fingerprint density at radius 2 is 1.82 bits per heavy atom. The Hall–Kier alpha value is -3.46. The van der Waals surface area contributed by atoms with Crippen molar-refractivity contribution in [3.05, 3.63) is 63.7 Å². The molecule has 1 N–H and O–H groups in total. The Kier molecular flexibility index (Phi) is 8.59. The summed E-state index contributed by atoms with van der Waals surface area (Å²) in [6.07, 6.45) is 7.38. The number of carbonyl (C=O) groups excluding carboxylic acids is 1. The number of H-pyrrole nitrogens is 1. The summed E-state index contributed by atoms with van der Waals surface area (Å²) in [5.41, 5.74) is -0.840. The lowest BCUT2D eigenvalue weighted by molar-refractivity contribution is -0.154. The summed E-state index contributed by atoms with van der Waals surface area (Å²) in [7, 11) is 0. The van der Waals surface area contributed by atoms with E-state index in [0.29, 0.717) is 37.7 Å². The number of aromatic amines is 1. The lowest BCUT2D eigenvalue weighted by Crippen LogP contribution is -2.27. The van der Waals surface area contributed by atoms with Gasteiger partial charge in [-0.15, -0.1) is 0 Å². The number of carbonyl (C=O) groups is 1. The van der Waals surface area contributed by atoms with Crippen LogP contribution in [0, 0.1) is 0 Å². The van der Waals surface area contributed by atoms with Crippen molar-refractivity contribution in [1.82, 2.24) is 14.5 Å². The third kappa shape index (κ3) is 7.55. The Balaban J connectivity index is 1.41. The Morgan fingerprint density at radius 3 is 2.59 bits per heavy atom. The average molecular weight is 470 g/mol. The van der Waals surface area contributed by atoms with E-state index >= 15 is 0 Å². The number of hydrogen-bond donors (Lipinski definition) is 1. The van der Waals surface area contributed by atoms with Gasteiger partial charge in [0.25, 0.3) is 5.56 Å². The maximum Gasteiger partial charge on any atom is 0.332 e. The molecule has 34 heavy (non-hydrogen) atoms. The van der Waals surface area contributed by atoms with Crippen LogP contribution in [0.5, 0.6) is 5.75 Å². The van der Waals surface area contributed by atoms with Crippen LogP contribution in [0.3, 0.4) is 0 Å². The third-order valence-corrected chi connectivity index (χ3v) is 4.83. The second-order valence-corrected chi connectivity index (χ2v) is 8.88. The first-order valence-electron chi connectivity index (χ1n) is 11.4. The van der Waals surface area contributed by atoms with Gasteiger partial charge < -0.3 is 14.2 Å². The van der Waals surface area contributed by atoms with E-state index in [1.54, 1.807) is 12.4 Å². The van der Waals surface area contributed by atoms with Crippen LogP contribution in [0.4, 0.5) is 0 Å². The number of esters is 1. The van der Waals surface area contributed by atoms with Crippen LogP contribution in [0.15, 0.2) is 52.4 Å². The molecule has 1 aromatic carbocycles. The van der Waals surface area contributed by atoms with Crippen molar-refractivity contribution in [1.29, 1.82) is 0 Å². The van der Waals surface area contributed by atoms with Crippen LogP contribution >= 0.6 is 0 Å². The molecule has 0 aliphatic carbocycles. The molecule has 9 nitrogen and oxygen atoms in total. The number of pyridine rings is 1. The van der Waals surface area contributed by atoms with Crippen molar-refractivity contribution in [2.75, 3.05) is 19.8 Å². The van der Waals surface area contributed by atoms with Gasteiger partial charge in [-0.05, 0) is 51.8 Å². The Bertz CT molecular complexity index is 1230. The molecule has 3 rings (SSSR count). The maximum absolute atomic E-state index is 12.1. The van der Waals surface area contributed by atoms with Crippen molar-refractivity contribution in [2.24, 2.45) is 0 Å². The monoisotopic (exact) mass is 469 g/mol. The zero-order valence-electron chi connectivity index (χ0n) is 19.8. The minimum Gasteiger partial charge on any atom is -0.493 e. The highest BCUT2D eigenvalue weighted by Crippen LogP contribution is 2.24. The molecule has 0 radical (unpaired) electrons. The molecule has 2 aromatic heterocycles. The predicted octanol–water partition coefficient (Wildman–Crippen LogP) is 3.37. The number of aromatic nitrogens is 3. The molecule has 0 aliphatic rings. The second kappa shape index (κ2) is 11.6. The highest BCUT2D eigenvalue weighted by atomic mass is 16.6. The number of rotatable bonds is 11. The standard InChI is InChI=1S/C25H31N3O6/c1-25(2,3)34-23(30)7-4-5-12-32-13-6-14-33-19-8-9-20-18(15-19)16-26-17-21(20)28-11-10-22(29)27-24(28)31/h8-11,15-17H,4-7,12-14H2,1-3H3,(H,27,29,31). The summed E-state index contributed by atoms with van der Waals surface area (Å²) < 4.78 is 18.1. The van der Waals surface area contributed by atoms with E-state index < -0.39 is 16.9 Å². The van der Waals surface area contributed by atoms with Crippen LogP contribution in [0.2, 0.25) is 0 Å². The van der Waals surface area contributed by atoms with Gasteiger partial charge in [0.05, 0.1) is 18.5 Å². The van der Waals surface area contributed by atoms with Gasteiger partial charge in [-0.2, -0.15) is 0 Å². The molecule has 182 valence electrons. The molecular weight excluding hydrogens is 438 g/mol. The van der Waals surface area contributed by atoms with Gasteiger partial charge >= 0.3 is 11.7 Å². The molecule has 0 atom stereocenters. The molecule has 0 unspecified atom stereocenters. The Morgan fingerprint density at radius 1 is 1.03 bits per heavy atom. The molecule has 0 fully saturated rings. The summed E-state index contributed by atoms with van der Waals surface area (Å²) in [4.78, 5) is 41.6. The average Bonchev–Trinajstić information content (AvgIpc) is 2.76. The molecule has 0 saturated heterocycles. The van der Waals surface area contributed by atoms with Gasteiger partial charge in [-0.25, -0.2) is 4.79 Å². The van der Waals surface area contributed by atoms with E-state index in [0.717, 1.165) is 30.0 Å². The molecule has 0 spiro atoms. The van der Waals surface area contributed by atoms with Gasteiger partial charge in [0.15, 0.2) is 0 Å². The first-order chi connectivity index (χ1) is 16.2. The molecule has 0 saturated carbocycles. The van der Waals surface area contributed by atoms with E-state index in [-0.39, 0.29) is 5.97 Å². The number of hydrogen-bond acceptors (Lipinski definition) is 7. The normalized spacial score (nSPS) is 11.5. The van der Waals surface area contributed by atoms with Gasteiger partial charge in [0.2, 0.25) is 0 Å². The zero-order valence-corrected chi connectivity index (χ0v) is 19.8. The maximum atomic E-state index is 12.1. The number of fused-ring (bicyclic) bond motifs is 1. The van der Waals surface area contributed by atoms with Crippen LogP contribution in [-0.4, -0.2) is 45.9 Å². The summed E-state index contributed by atoms with van der Waals surface area (Å²) in [6, 6.07) is 6.85. The number of nitrogens with zero attached hydrogens (tertiary/aromatic N) is 2. The predicted molar refractivity (Wildman–Crippen MR) is 129 cm³/mol. The summed E-state index contributed by atoms with van der Waals surface area (Å²) in [6.45, 7) is 7.24. The zero-order chi connectivity index (χ0) is 24.6. The smallest absolute Gasteiger partial charge is 0.332 e. The molecule has 0 amide bonds. The van der Waals surface area contributed by atoms with E-state index in [1.807, 2.05) is 39.0 Å². The van der Waals surface area contributed by atoms with E-state index in [2.05, 4.69) is 9.97 Å². The molecular formula is C25H31N3O6. The summed E-state index contributed by atoms with van der Waals surface area (Å²) in [5, 5.41) is 1.63. The van der Waals surface area contributed by atoms with Crippen molar-refractivity contribution >= 4 is 16.7 Å². The van der Waals surface area contributed by atoms with Crippen molar-refractivity contribution in [3.8, 4) is 11.4 Å². The van der Waals surface area contributed by atoms with E-state index in [9.17, 15) is 14.4 Å². The topological polar surface area (TPSA) is 113 Å². The third-order valence-electron chi connectivity index (χ3n) is 4.83. The molecule has 0 aliphatic heterocycles. The summed E-state index contributed by atoms with van der Waals surface area (Å²) in [5.74, 6) is 0.516. The SMILES string of the molecule is CC(C)(C)OC(=O)CCCCOCCCOc1ccc2c(-n3ccc(=O)[nH]c3=O)cncc2c1. The van der Waals surface area contributed by atoms with Gasteiger partial charge in [0.1, 0.15) is 11.4 Å². The number of unbranched alkanes of at least 4 members (excludes halogenated alkanes) is 1. The first kappa shape index (κ1) is 25.2. The minimum atomic E-state index is -0.521. The van der Waals surface area contributed by atoms with Gasteiger partial charge in [-0.1, -0.05) is 0 Å². The molecule has 2 heterocycles. The lowest BCUT2D eigenvalue weighted by atomic mass is 10.1. The van der Waals surface area contributed by atoms with Gasteiger partial charge in [-0.3, -0.25) is 24.1 Å². The van der Waals surface area contributed by atoms with Crippen molar-refractivity contribution in [3.63, 3.8) is 0 Å². The fourth-order valence-electron chi connectivity index (χ4n) is 3.35. The quantitative estimate of drug-likeness (QED) is 0.338. The van der Waals surface area contributed by atoms with Crippen molar-refractivity contribution in [2.45, 2.75) is 52.1 Å². The molecule has 3 aromatic rings. The van der Waals surface area contributed by atoms with Crippen LogP contribution in [-0.2, 0) is 14.3 Å². The first-order valence-corrected chi connectivity index (χ1v) is 11.4. The number of nitrogens with one attached hydrogen (secondary N) is 1. The Labute approximate surface area is 197 Å². The fourth-order valence-corrected chi connectivity index (χ4v) is 3.35. The fraction of sp³-hybridized carbons (Fsp3) is 0.440. The highest BCUT2D eigenvalue weighted by molar-refractivity contribution is 5.90. The van der Waals surface area contributed by atoms with E-state index in [4.69, 9.17) is 14.2 Å². The van der Waals surface area contributed by atoms with Crippen LogP contribution in [0.1, 0.15) is 46.5 Å².